The lowest BCUT2D eigenvalue weighted by atomic mass is 10.1. The van der Waals surface area contributed by atoms with Crippen LogP contribution in [0.5, 0.6) is 0 Å². The van der Waals surface area contributed by atoms with Crippen LogP contribution in [0.15, 0.2) is 23.3 Å². The highest BCUT2D eigenvalue weighted by Crippen LogP contribution is 2.27. The van der Waals surface area contributed by atoms with E-state index in [9.17, 15) is 9.59 Å². The molecule has 0 aromatic carbocycles. The van der Waals surface area contributed by atoms with Crippen molar-refractivity contribution < 1.29 is 9.59 Å². The van der Waals surface area contributed by atoms with Crippen molar-refractivity contribution in [1.29, 1.82) is 0 Å². The largest absolute Gasteiger partial charge is 0.357 e. The van der Waals surface area contributed by atoms with Crippen LogP contribution in [0.4, 0.5) is 5.82 Å². The zero-order valence-corrected chi connectivity index (χ0v) is 18.1. The molecule has 1 aliphatic heterocycles. The van der Waals surface area contributed by atoms with Gasteiger partial charge in [0.25, 0.3) is 0 Å². The summed E-state index contributed by atoms with van der Waals surface area (Å²) in [6, 6.07) is 3.90. The van der Waals surface area contributed by atoms with Gasteiger partial charge in [0, 0.05) is 44.2 Å². The van der Waals surface area contributed by atoms with Crippen LogP contribution in [0.1, 0.15) is 51.0 Å². The van der Waals surface area contributed by atoms with E-state index in [1.54, 1.807) is 12.3 Å². The molecule has 0 bridgehead atoms. The van der Waals surface area contributed by atoms with Gasteiger partial charge in [0.2, 0.25) is 11.8 Å². The van der Waals surface area contributed by atoms with Gasteiger partial charge in [-0.1, -0.05) is 18.9 Å². The first kappa shape index (κ1) is 22.1. The minimum absolute atomic E-state index is 0.111. The van der Waals surface area contributed by atoms with Gasteiger partial charge in [0.05, 0.1) is 6.54 Å². The number of hydrogen-bond acceptors (Lipinski definition) is 4. The summed E-state index contributed by atoms with van der Waals surface area (Å²) < 4.78 is 0. The molecule has 1 saturated carbocycles. The zero-order valence-electron chi connectivity index (χ0n) is 18.1. The molecule has 8 heteroatoms. The molecule has 1 saturated heterocycles. The van der Waals surface area contributed by atoms with Crippen LogP contribution in [-0.4, -0.2) is 59.9 Å². The highest BCUT2D eigenvalue weighted by Gasteiger charge is 2.32. The summed E-state index contributed by atoms with van der Waals surface area (Å²) >= 11 is 0. The summed E-state index contributed by atoms with van der Waals surface area (Å²) in [5.74, 6) is 1.68. The van der Waals surface area contributed by atoms with Crippen molar-refractivity contribution >= 4 is 23.6 Å². The Balaban J connectivity index is 1.44. The van der Waals surface area contributed by atoms with Crippen molar-refractivity contribution in [3.8, 4) is 0 Å². The van der Waals surface area contributed by atoms with Gasteiger partial charge < -0.3 is 20.9 Å². The third-order valence-corrected chi connectivity index (χ3v) is 5.68. The SMILES string of the molecule is CCNC(=NCCC(=O)Nc1ccc(C)cn1)NC1CCN(C(=O)C2CCCC2)C1. The molecule has 1 aromatic heterocycles. The fourth-order valence-electron chi connectivity index (χ4n) is 4.04. The van der Waals surface area contributed by atoms with Crippen LogP contribution < -0.4 is 16.0 Å². The fourth-order valence-corrected chi connectivity index (χ4v) is 4.04. The van der Waals surface area contributed by atoms with Crippen LogP contribution in [0.2, 0.25) is 0 Å². The number of likely N-dealkylation sites (tertiary alicyclic amines) is 1. The first-order valence-electron chi connectivity index (χ1n) is 11.1. The molecule has 2 heterocycles. The van der Waals surface area contributed by atoms with Crippen LogP contribution in [0, 0.1) is 12.8 Å². The number of aromatic nitrogens is 1. The smallest absolute Gasteiger partial charge is 0.227 e. The summed E-state index contributed by atoms with van der Waals surface area (Å²) in [5.41, 5.74) is 1.05. The molecule has 0 radical (unpaired) electrons. The number of hydrogen-bond donors (Lipinski definition) is 3. The van der Waals surface area contributed by atoms with E-state index in [-0.39, 0.29) is 24.3 Å². The normalized spacial score (nSPS) is 19.7. The number of carbonyl (C=O) groups excluding carboxylic acids is 2. The number of amides is 2. The number of rotatable bonds is 7. The maximum absolute atomic E-state index is 12.6. The molecule has 1 unspecified atom stereocenters. The Bertz CT molecular complexity index is 742. The monoisotopic (exact) mass is 414 g/mol. The molecular weight excluding hydrogens is 380 g/mol. The fraction of sp³-hybridized carbons (Fsp3) is 0.636. The Kier molecular flexibility index (Phi) is 8.04. The minimum atomic E-state index is -0.111. The first-order valence-corrected chi connectivity index (χ1v) is 11.1. The summed E-state index contributed by atoms with van der Waals surface area (Å²) in [4.78, 5) is 35.5. The molecule has 0 spiro atoms. The number of pyridine rings is 1. The highest BCUT2D eigenvalue weighted by molar-refractivity contribution is 5.90. The molecule has 1 atom stereocenters. The van der Waals surface area contributed by atoms with Gasteiger partial charge in [-0.3, -0.25) is 14.6 Å². The van der Waals surface area contributed by atoms with E-state index in [1.165, 1.54) is 12.8 Å². The van der Waals surface area contributed by atoms with Crippen LogP contribution in [0.3, 0.4) is 0 Å². The van der Waals surface area contributed by atoms with E-state index in [1.807, 2.05) is 24.8 Å². The molecule has 3 rings (SSSR count). The molecule has 2 amide bonds. The molecule has 8 nitrogen and oxygen atoms in total. The number of anilines is 1. The van der Waals surface area contributed by atoms with Crippen molar-refractivity contribution in [1.82, 2.24) is 20.5 Å². The second-order valence-electron chi connectivity index (χ2n) is 8.18. The van der Waals surface area contributed by atoms with E-state index >= 15 is 0 Å². The van der Waals surface area contributed by atoms with E-state index in [0.717, 1.165) is 44.5 Å². The van der Waals surface area contributed by atoms with E-state index in [0.29, 0.717) is 24.2 Å². The van der Waals surface area contributed by atoms with Gasteiger partial charge in [0.1, 0.15) is 5.82 Å². The summed E-state index contributed by atoms with van der Waals surface area (Å²) in [6.45, 7) is 6.61. The summed E-state index contributed by atoms with van der Waals surface area (Å²) in [5, 5.41) is 9.44. The first-order chi connectivity index (χ1) is 14.5. The van der Waals surface area contributed by atoms with Crippen molar-refractivity contribution in [3.05, 3.63) is 23.9 Å². The van der Waals surface area contributed by atoms with Crippen LogP contribution in [0.25, 0.3) is 0 Å². The van der Waals surface area contributed by atoms with Gasteiger partial charge >= 0.3 is 0 Å². The molecule has 1 aliphatic carbocycles. The van der Waals surface area contributed by atoms with E-state index in [2.05, 4.69) is 25.9 Å². The maximum atomic E-state index is 12.6. The van der Waals surface area contributed by atoms with Gasteiger partial charge in [-0.05, 0) is 44.7 Å². The summed E-state index contributed by atoms with van der Waals surface area (Å²) in [7, 11) is 0. The van der Waals surface area contributed by atoms with Crippen LogP contribution >= 0.6 is 0 Å². The average Bonchev–Trinajstić information content (AvgIpc) is 3.42. The predicted octanol–water partition coefficient (Wildman–Crippen LogP) is 2.06. The zero-order chi connectivity index (χ0) is 21.3. The predicted molar refractivity (Wildman–Crippen MR) is 118 cm³/mol. The number of aliphatic imine (C=N–C) groups is 1. The van der Waals surface area contributed by atoms with Crippen molar-refractivity contribution in [2.75, 3.05) is 31.5 Å². The van der Waals surface area contributed by atoms with Crippen molar-refractivity contribution in [2.45, 2.75) is 58.4 Å². The number of carbonyl (C=O) groups is 2. The van der Waals surface area contributed by atoms with Gasteiger partial charge in [0.15, 0.2) is 5.96 Å². The number of nitrogens with zero attached hydrogens (tertiary/aromatic N) is 3. The van der Waals surface area contributed by atoms with Crippen molar-refractivity contribution in [2.24, 2.45) is 10.9 Å². The Morgan fingerprint density at radius 1 is 1.23 bits per heavy atom. The molecule has 3 N–H and O–H groups in total. The summed E-state index contributed by atoms with van der Waals surface area (Å²) in [6.07, 6.45) is 7.36. The lowest BCUT2D eigenvalue weighted by molar-refractivity contribution is -0.134. The number of guanidine groups is 1. The Morgan fingerprint density at radius 3 is 2.73 bits per heavy atom. The van der Waals surface area contributed by atoms with Crippen molar-refractivity contribution in [3.63, 3.8) is 0 Å². The quantitative estimate of drug-likeness (QED) is 0.469. The molecule has 164 valence electrons. The maximum Gasteiger partial charge on any atom is 0.227 e. The topological polar surface area (TPSA) is 98.7 Å². The lowest BCUT2D eigenvalue weighted by Crippen LogP contribution is -2.45. The Morgan fingerprint density at radius 2 is 2.03 bits per heavy atom. The highest BCUT2D eigenvalue weighted by atomic mass is 16.2. The molecule has 2 fully saturated rings. The van der Waals surface area contributed by atoms with Gasteiger partial charge in [-0.25, -0.2) is 4.98 Å². The number of aryl methyl sites for hydroxylation is 1. The minimum Gasteiger partial charge on any atom is -0.357 e. The van der Waals surface area contributed by atoms with Crippen LogP contribution in [-0.2, 0) is 9.59 Å². The second-order valence-corrected chi connectivity index (χ2v) is 8.18. The average molecular weight is 415 g/mol. The van der Waals surface area contributed by atoms with Gasteiger partial charge in [-0.15, -0.1) is 0 Å². The standard InChI is InChI=1S/C22H34N6O2/c1-3-23-22(24-12-10-20(29)27-19-9-8-16(2)14-25-19)26-18-11-13-28(15-18)21(30)17-6-4-5-7-17/h8-9,14,17-18H,3-7,10-13,15H2,1-2H3,(H2,23,24,26)(H,25,27,29). The molecule has 2 aliphatic rings. The van der Waals surface area contributed by atoms with Gasteiger partial charge in [-0.2, -0.15) is 0 Å². The lowest BCUT2D eigenvalue weighted by Gasteiger charge is -2.21. The third kappa shape index (κ3) is 6.43. The molecular formula is C22H34N6O2. The van der Waals surface area contributed by atoms with E-state index < -0.39 is 0 Å². The Labute approximate surface area is 178 Å². The third-order valence-electron chi connectivity index (χ3n) is 5.68. The second kappa shape index (κ2) is 10.9. The Hall–Kier alpha value is -2.64. The number of nitrogens with one attached hydrogen (secondary N) is 3. The molecule has 30 heavy (non-hydrogen) atoms. The van der Waals surface area contributed by atoms with E-state index in [4.69, 9.17) is 0 Å². The molecule has 1 aromatic rings.